The minimum absolute atomic E-state index is 0.285. The van der Waals surface area contributed by atoms with E-state index in [4.69, 9.17) is 0 Å². The number of carbonyl (C=O) groups is 1. The maximum Gasteiger partial charge on any atom is 0.416 e. The Morgan fingerprint density at radius 2 is 1.94 bits per heavy atom. The summed E-state index contributed by atoms with van der Waals surface area (Å²) >= 11 is 0. The van der Waals surface area contributed by atoms with Gasteiger partial charge < -0.3 is 0 Å². The van der Waals surface area contributed by atoms with E-state index in [1.54, 1.807) is 13.8 Å². The van der Waals surface area contributed by atoms with E-state index in [0.717, 1.165) is 12.1 Å². The van der Waals surface area contributed by atoms with Gasteiger partial charge in [-0.15, -0.1) is 0 Å². The van der Waals surface area contributed by atoms with Gasteiger partial charge >= 0.3 is 6.18 Å². The molecule has 0 amide bonds. The van der Waals surface area contributed by atoms with Crippen molar-refractivity contribution in [2.45, 2.75) is 26.4 Å². The fraction of sp³-hybridized carbons (Fsp3) is 0.417. The van der Waals surface area contributed by atoms with E-state index in [1.807, 2.05) is 0 Å². The maximum atomic E-state index is 13.4. The fourth-order valence-electron chi connectivity index (χ4n) is 1.34. The molecule has 0 aromatic heterocycles. The highest BCUT2D eigenvalue weighted by atomic mass is 19.4. The number of carbonyl (C=O) groups excluding carboxylic acids is 1. The minimum Gasteiger partial charge on any atom is -0.294 e. The van der Waals surface area contributed by atoms with Gasteiger partial charge in [-0.3, -0.25) is 4.79 Å². The van der Waals surface area contributed by atoms with Crippen LogP contribution in [-0.4, -0.2) is 5.78 Å². The number of alkyl halides is 3. The van der Waals surface area contributed by atoms with Gasteiger partial charge in [-0.25, -0.2) is 4.39 Å². The van der Waals surface area contributed by atoms with Crippen molar-refractivity contribution in [1.82, 2.24) is 0 Å². The molecule has 0 heterocycles. The molecule has 0 aliphatic heterocycles. The second-order valence-electron chi connectivity index (χ2n) is 3.87. The molecular weight excluding hydrogens is 236 g/mol. The molecule has 0 aliphatic carbocycles. The summed E-state index contributed by atoms with van der Waals surface area (Å²) in [5.74, 6) is -2.00. The summed E-state index contributed by atoms with van der Waals surface area (Å²) < 4.78 is 50.2. The topological polar surface area (TPSA) is 17.1 Å². The molecule has 0 N–H and O–H groups in total. The molecule has 1 aromatic carbocycles. The summed E-state index contributed by atoms with van der Waals surface area (Å²) in [5, 5.41) is 0. The van der Waals surface area contributed by atoms with Crippen LogP contribution in [0.15, 0.2) is 18.2 Å². The zero-order valence-corrected chi connectivity index (χ0v) is 9.44. The van der Waals surface area contributed by atoms with Crippen molar-refractivity contribution in [1.29, 1.82) is 0 Å². The van der Waals surface area contributed by atoms with Crippen molar-refractivity contribution in [3.8, 4) is 0 Å². The first-order chi connectivity index (χ1) is 7.77. The molecule has 0 saturated carbocycles. The molecule has 1 unspecified atom stereocenters. The molecular formula is C12H12F4O. The van der Waals surface area contributed by atoms with Crippen molar-refractivity contribution < 1.29 is 22.4 Å². The monoisotopic (exact) mass is 248 g/mol. The van der Waals surface area contributed by atoms with E-state index >= 15 is 0 Å². The first kappa shape index (κ1) is 13.7. The van der Waals surface area contributed by atoms with Crippen LogP contribution in [0, 0.1) is 11.7 Å². The van der Waals surface area contributed by atoms with Crippen molar-refractivity contribution >= 4 is 5.78 Å². The molecule has 0 radical (unpaired) electrons. The number of ketones is 1. The lowest BCUT2D eigenvalue weighted by Gasteiger charge is -2.11. The predicted octanol–water partition coefficient (Wildman–Crippen LogP) is 4.07. The van der Waals surface area contributed by atoms with Gasteiger partial charge in [0.25, 0.3) is 0 Å². The molecule has 0 aliphatic rings. The zero-order chi connectivity index (χ0) is 13.2. The number of Topliss-reactive ketones (excluding diaryl/α,β-unsaturated/α-hetero) is 1. The summed E-state index contributed by atoms with van der Waals surface area (Å²) in [7, 11) is 0. The molecule has 0 spiro atoms. The minimum atomic E-state index is -4.60. The van der Waals surface area contributed by atoms with Crippen molar-refractivity contribution in [2.75, 3.05) is 0 Å². The molecule has 0 fully saturated rings. The molecule has 1 atom stereocenters. The number of rotatable bonds is 3. The van der Waals surface area contributed by atoms with Gasteiger partial charge in [0, 0.05) is 5.92 Å². The van der Waals surface area contributed by atoms with Crippen molar-refractivity contribution in [3.05, 3.63) is 35.1 Å². The van der Waals surface area contributed by atoms with Crippen LogP contribution in [0.4, 0.5) is 17.6 Å². The summed E-state index contributed by atoms with van der Waals surface area (Å²) in [6.45, 7) is 3.37. The number of hydrogen-bond donors (Lipinski definition) is 0. The second-order valence-corrected chi connectivity index (χ2v) is 3.87. The number of hydrogen-bond acceptors (Lipinski definition) is 1. The third-order valence-electron chi connectivity index (χ3n) is 2.62. The van der Waals surface area contributed by atoms with E-state index in [-0.39, 0.29) is 5.56 Å². The number of halogens is 4. The Kier molecular flexibility index (Phi) is 3.91. The van der Waals surface area contributed by atoms with E-state index in [0.29, 0.717) is 12.5 Å². The van der Waals surface area contributed by atoms with Crippen LogP contribution in [0.3, 0.4) is 0 Å². The molecule has 1 rings (SSSR count). The third-order valence-corrected chi connectivity index (χ3v) is 2.62. The van der Waals surface area contributed by atoms with Crippen LogP contribution in [-0.2, 0) is 6.18 Å². The molecule has 0 bridgehead atoms. The molecule has 94 valence electrons. The third kappa shape index (κ3) is 3.05. The summed E-state index contributed by atoms with van der Waals surface area (Å²) in [6.07, 6.45) is -4.09. The fourth-order valence-corrected chi connectivity index (χ4v) is 1.34. The zero-order valence-electron chi connectivity index (χ0n) is 9.44. The van der Waals surface area contributed by atoms with E-state index in [1.165, 1.54) is 0 Å². The molecule has 5 heteroatoms. The normalized spacial score (nSPS) is 13.5. The van der Waals surface area contributed by atoms with Crippen LogP contribution >= 0.6 is 0 Å². The highest BCUT2D eigenvalue weighted by molar-refractivity contribution is 5.97. The second kappa shape index (κ2) is 4.85. The molecule has 1 nitrogen and oxygen atoms in total. The van der Waals surface area contributed by atoms with Gasteiger partial charge in [0.2, 0.25) is 0 Å². The van der Waals surface area contributed by atoms with Gasteiger partial charge in [-0.2, -0.15) is 13.2 Å². The summed E-state index contributed by atoms with van der Waals surface area (Å²) in [6, 6.07) is 1.97. The van der Waals surface area contributed by atoms with Crippen molar-refractivity contribution in [3.63, 3.8) is 0 Å². The SMILES string of the molecule is CCC(C)C(=O)c1ccc(C(F)(F)F)cc1F. The quantitative estimate of drug-likeness (QED) is 0.582. The lowest BCUT2D eigenvalue weighted by atomic mass is 9.96. The average Bonchev–Trinajstić information content (AvgIpc) is 2.25. The molecule has 0 saturated heterocycles. The van der Waals surface area contributed by atoms with Crippen LogP contribution in [0.2, 0.25) is 0 Å². The predicted molar refractivity (Wildman–Crippen MR) is 55.2 cm³/mol. The Morgan fingerprint density at radius 1 is 1.35 bits per heavy atom. The Labute approximate surface area is 96.4 Å². The van der Waals surface area contributed by atoms with Gasteiger partial charge in [0.15, 0.2) is 5.78 Å². The van der Waals surface area contributed by atoms with E-state index < -0.39 is 29.3 Å². The average molecular weight is 248 g/mol. The first-order valence-electron chi connectivity index (χ1n) is 5.18. The Morgan fingerprint density at radius 3 is 2.35 bits per heavy atom. The van der Waals surface area contributed by atoms with E-state index in [9.17, 15) is 22.4 Å². The van der Waals surface area contributed by atoms with Crippen LogP contribution < -0.4 is 0 Å². The van der Waals surface area contributed by atoms with Gasteiger partial charge in [0.05, 0.1) is 11.1 Å². The molecule has 1 aromatic rings. The van der Waals surface area contributed by atoms with Gasteiger partial charge in [0.1, 0.15) is 5.82 Å². The Hall–Kier alpha value is -1.39. The maximum absolute atomic E-state index is 13.4. The largest absolute Gasteiger partial charge is 0.416 e. The number of benzene rings is 1. The smallest absolute Gasteiger partial charge is 0.294 e. The first-order valence-corrected chi connectivity index (χ1v) is 5.18. The highest BCUT2D eigenvalue weighted by Gasteiger charge is 2.31. The summed E-state index contributed by atoms with van der Waals surface area (Å²) in [4.78, 5) is 11.6. The van der Waals surface area contributed by atoms with Gasteiger partial charge in [-0.1, -0.05) is 13.8 Å². The Balaban J connectivity index is 3.11. The van der Waals surface area contributed by atoms with Crippen LogP contribution in [0.5, 0.6) is 0 Å². The van der Waals surface area contributed by atoms with Gasteiger partial charge in [-0.05, 0) is 24.6 Å². The highest BCUT2D eigenvalue weighted by Crippen LogP contribution is 2.30. The van der Waals surface area contributed by atoms with E-state index in [2.05, 4.69) is 0 Å². The van der Waals surface area contributed by atoms with Crippen molar-refractivity contribution in [2.24, 2.45) is 5.92 Å². The Bertz CT molecular complexity index is 423. The standard InChI is InChI=1S/C12H12F4O/c1-3-7(2)11(17)9-5-4-8(6-10(9)13)12(14,15)16/h4-7H,3H2,1-2H3. The lowest BCUT2D eigenvalue weighted by Crippen LogP contribution is -2.13. The van der Waals surface area contributed by atoms with Crippen LogP contribution in [0.1, 0.15) is 36.2 Å². The molecule has 17 heavy (non-hydrogen) atoms. The lowest BCUT2D eigenvalue weighted by molar-refractivity contribution is -0.137. The summed E-state index contributed by atoms with van der Waals surface area (Å²) in [5.41, 5.74) is -1.37. The van der Waals surface area contributed by atoms with Crippen LogP contribution in [0.25, 0.3) is 0 Å².